The van der Waals surface area contributed by atoms with Crippen LogP contribution >= 0.6 is 0 Å². The summed E-state index contributed by atoms with van der Waals surface area (Å²) >= 11 is 0. The van der Waals surface area contributed by atoms with Gasteiger partial charge in [0.1, 0.15) is 0 Å². The Bertz CT molecular complexity index is 1030. The third kappa shape index (κ3) is 2.90. The van der Waals surface area contributed by atoms with Crippen molar-refractivity contribution >= 4 is 22.7 Å². The maximum atomic E-state index is 12.8. The van der Waals surface area contributed by atoms with Crippen LogP contribution in [0.1, 0.15) is 24.6 Å². The molecule has 1 unspecified atom stereocenters. The van der Waals surface area contributed by atoms with Gasteiger partial charge in [-0.1, -0.05) is 13.0 Å². The molecule has 0 fully saturated rings. The topological polar surface area (TPSA) is 72.2 Å². The Labute approximate surface area is 151 Å². The van der Waals surface area contributed by atoms with Crippen LogP contribution in [-0.2, 0) is 4.79 Å². The molecule has 1 aliphatic heterocycles. The highest BCUT2D eigenvalue weighted by molar-refractivity contribution is 6.05. The summed E-state index contributed by atoms with van der Waals surface area (Å²) in [6, 6.07) is 9.55. The fourth-order valence-corrected chi connectivity index (χ4v) is 3.20. The summed E-state index contributed by atoms with van der Waals surface area (Å²) < 4.78 is 1.73. The van der Waals surface area contributed by atoms with Crippen LogP contribution < -0.4 is 5.43 Å². The highest BCUT2D eigenvalue weighted by Crippen LogP contribution is 2.24. The van der Waals surface area contributed by atoms with Crippen molar-refractivity contribution in [1.82, 2.24) is 14.6 Å². The predicted octanol–water partition coefficient (Wildman–Crippen LogP) is 3.22. The van der Waals surface area contributed by atoms with Crippen molar-refractivity contribution in [2.75, 3.05) is 5.43 Å². The van der Waals surface area contributed by atoms with Gasteiger partial charge in [-0.25, -0.2) is 0 Å². The molecule has 0 spiro atoms. The van der Waals surface area contributed by atoms with Crippen LogP contribution in [0, 0.1) is 12.8 Å². The van der Waals surface area contributed by atoms with E-state index < -0.39 is 0 Å². The molecule has 3 aromatic heterocycles. The number of nitrogens with one attached hydrogen (secondary N) is 1. The average Bonchev–Trinajstić information content (AvgIpc) is 2.98. The number of nitrogens with zero attached hydrogens (tertiary/aromatic N) is 4. The number of amides is 1. The monoisotopic (exact) mass is 345 g/mol. The molecule has 0 radical (unpaired) electrons. The second kappa shape index (κ2) is 6.55. The first-order valence-electron chi connectivity index (χ1n) is 8.55. The predicted molar refractivity (Wildman–Crippen MR) is 101 cm³/mol. The number of pyridine rings is 2. The Balaban J connectivity index is 1.60. The molecular formula is C20H19N5O. The number of aromatic nitrogens is 3. The zero-order valence-electron chi connectivity index (χ0n) is 14.7. The second-order valence-electron chi connectivity index (χ2n) is 6.47. The Hall–Kier alpha value is -3.28. The molecule has 0 saturated heterocycles. The van der Waals surface area contributed by atoms with Crippen molar-refractivity contribution in [3.8, 4) is 0 Å². The number of hydrogen-bond acceptors (Lipinski definition) is 4. The molecule has 130 valence electrons. The Morgan fingerprint density at radius 3 is 2.81 bits per heavy atom. The van der Waals surface area contributed by atoms with E-state index in [-0.39, 0.29) is 11.8 Å². The van der Waals surface area contributed by atoms with E-state index in [0.29, 0.717) is 12.0 Å². The molecular weight excluding hydrogens is 326 g/mol. The number of rotatable bonds is 3. The van der Waals surface area contributed by atoms with Crippen molar-refractivity contribution in [2.24, 2.45) is 10.9 Å². The van der Waals surface area contributed by atoms with Gasteiger partial charge in [0.15, 0.2) is 0 Å². The summed E-state index contributed by atoms with van der Waals surface area (Å²) in [7, 11) is 0. The Kier molecular flexibility index (Phi) is 4.08. The summed E-state index contributed by atoms with van der Waals surface area (Å²) in [6.07, 6.45) is 7.73. The zero-order valence-corrected chi connectivity index (χ0v) is 14.7. The van der Waals surface area contributed by atoms with Crippen molar-refractivity contribution in [1.29, 1.82) is 0 Å². The van der Waals surface area contributed by atoms with Crippen LogP contribution in [0.4, 0.5) is 0 Å². The quantitative estimate of drug-likeness (QED) is 0.792. The van der Waals surface area contributed by atoms with E-state index in [0.717, 1.165) is 28.0 Å². The highest BCUT2D eigenvalue weighted by Gasteiger charge is 2.24. The molecule has 3 aromatic rings. The molecule has 1 amide bonds. The van der Waals surface area contributed by atoms with E-state index >= 15 is 0 Å². The van der Waals surface area contributed by atoms with Crippen LogP contribution in [0.5, 0.6) is 0 Å². The maximum Gasteiger partial charge on any atom is 0.267 e. The van der Waals surface area contributed by atoms with Gasteiger partial charge in [-0.2, -0.15) is 0 Å². The first-order valence-corrected chi connectivity index (χ1v) is 8.55. The first kappa shape index (κ1) is 16.2. The number of fused-ring (bicyclic) bond motifs is 1. The lowest BCUT2D eigenvalue weighted by Gasteiger charge is -2.20. The van der Waals surface area contributed by atoms with E-state index in [1.165, 1.54) is 0 Å². The van der Waals surface area contributed by atoms with Gasteiger partial charge in [0.2, 0.25) is 0 Å². The minimum absolute atomic E-state index is 0.0607. The molecule has 0 bridgehead atoms. The van der Waals surface area contributed by atoms with Crippen molar-refractivity contribution < 1.29 is 4.79 Å². The van der Waals surface area contributed by atoms with E-state index in [9.17, 15) is 4.79 Å². The average molecular weight is 345 g/mol. The molecule has 6 heteroatoms. The summed E-state index contributed by atoms with van der Waals surface area (Å²) in [5.74, 6) is -0.0902. The van der Waals surface area contributed by atoms with E-state index in [2.05, 4.69) is 20.4 Å². The summed E-state index contributed by atoms with van der Waals surface area (Å²) in [5.41, 5.74) is 8.14. The largest absolute Gasteiger partial charge is 0.268 e. The Morgan fingerprint density at radius 2 is 2.04 bits per heavy atom. The molecule has 1 aliphatic rings. The number of carbonyl (C=O) groups excluding carboxylic acids is 1. The fourth-order valence-electron chi connectivity index (χ4n) is 3.20. The van der Waals surface area contributed by atoms with Crippen LogP contribution in [0.15, 0.2) is 65.7 Å². The van der Waals surface area contributed by atoms with Gasteiger partial charge >= 0.3 is 0 Å². The lowest BCUT2D eigenvalue weighted by atomic mass is 9.92. The molecule has 1 N–H and O–H groups in total. The number of aliphatic imine (C=N–C) groups is 1. The number of aryl methyl sites for hydroxylation is 1. The van der Waals surface area contributed by atoms with Gasteiger partial charge in [-0.05, 0) is 49.1 Å². The molecule has 0 aromatic carbocycles. The fraction of sp³-hybridized carbons (Fsp3) is 0.200. The van der Waals surface area contributed by atoms with Crippen LogP contribution in [0.3, 0.4) is 0 Å². The standard InChI is InChI=1S/C20H19N5O/c1-13-10-17(16-6-3-4-8-21-16)23-11-15(13)20(26)24-25-12-14(2)19-18(25)7-5-9-22-19/h3-9,11-13H,10H2,1-2H3,(H,24,26). The van der Waals surface area contributed by atoms with Gasteiger partial charge in [-0.3, -0.25) is 29.9 Å². The minimum Gasteiger partial charge on any atom is -0.268 e. The highest BCUT2D eigenvalue weighted by atomic mass is 16.2. The molecule has 6 nitrogen and oxygen atoms in total. The molecule has 0 saturated carbocycles. The van der Waals surface area contributed by atoms with E-state index in [4.69, 9.17) is 0 Å². The van der Waals surface area contributed by atoms with Gasteiger partial charge in [0.25, 0.3) is 5.91 Å². The van der Waals surface area contributed by atoms with Crippen molar-refractivity contribution in [3.63, 3.8) is 0 Å². The van der Waals surface area contributed by atoms with Crippen molar-refractivity contribution in [2.45, 2.75) is 20.3 Å². The summed E-state index contributed by atoms with van der Waals surface area (Å²) in [6.45, 7) is 4.01. The molecule has 1 atom stereocenters. The lowest BCUT2D eigenvalue weighted by Crippen LogP contribution is -2.28. The van der Waals surface area contributed by atoms with Gasteiger partial charge < -0.3 is 0 Å². The van der Waals surface area contributed by atoms with Gasteiger partial charge in [0.05, 0.1) is 22.4 Å². The molecule has 4 rings (SSSR count). The van der Waals surface area contributed by atoms with Gasteiger partial charge in [-0.15, -0.1) is 0 Å². The van der Waals surface area contributed by atoms with Gasteiger partial charge in [0, 0.05) is 30.4 Å². The number of hydrogen-bond donors (Lipinski definition) is 1. The third-order valence-electron chi connectivity index (χ3n) is 4.58. The van der Waals surface area contributed by atoms with Crippen LogP contribution in [0.25, 0.3) is 11.0 Å². The summed E-state index contributed by atoms with van der Waals surface area (Å²) in [5, 5.41) is 0. The third-order valence-corrected chi connectivity index (χ3v) is 4.58. The lowest BCUT2D eigenvalue weighted by molar-refractivity contribution is -0.114. The van der Waals surface area contributed by atoms with Crippen molar-refractivity contribution in [3.05, 3.63) is 72.0 Å². The Morgan fingerprint density at radius 1 is 1.19 bits per heavy atom. The normalized spacial score (nSPS) is 16.9. The minimum atomic E-state index is -0.151. The molecule has 26 heavy (non-hydrogen) atoms. The molecule has 0 aliphatic carbocycles. The molecule has 4 heterocycles. The summed E-state index contributed by atoms with van der Waals surface area (Å²) in [4.78, 5) is 25.9. The maximum absolute atomic E-state index is 12.8. The van der Waals surface area contributed by atoms with E-state index in [1.54, 1.807) is 23.3 Å². The number of carbonyl (C=O) groups is 1. The van der Waals surface area contributed by atoms with Crippen LogP contribution in [0.2, 0.25) is 0 Å². The van der Waals surface area contributed by atoms with Crippen LogP contribution in [-0.4, -0.2) is 26.3 Å². The first-order chi connectivity index (χ1) is 12.6. The second-order valence-corrected chi connectivity index (χ2v) is 6.47. The van der Waals surface area contributed by atoms with E-state index in [1.807, 2.05) is 50.4 Å². The zero-order chi connectivity index (χ0) is 18.1. The SMILES string of the molecule is Cc1cn(NC(=O)C2=CN=C(c3ccccn3)CC2C)c2cccnc12. The smallest absolute Gasteiger partial charge is 0.267 e.